The predicted molar refractivity (Wildman–Crippen MR) is 206 cm³/mol. The van der Waals surface area contributed by atoms with Crippen LogP contribution in [0.15, 0.2) is 11.6 Å². The first-order valence-electron chi connectivity index (χ1n) is 21.2. The smallest absolute Gasteiger partial charge is 0.186 e. The highest BCUT2D eigenvalue weighted by Gasteiger charge is 2.59. The van der Waals surface area contributed by atoms with Crippen LogP contribution in [0.2, 0.25) is 0 Å². The second-order valence-electron chi connectivity index (χ2n) is 17.9. The lowest BCUT2D eigenvalue weighted by Crippen LogP contribution is -2.51. The Bertz CT molecular complexity index is 1000. The molecule has 6 nitrogen and oxygen atoms in total. The minimum absolute atomic E-state index is 0.0241. The molecule has 4 N–H and O–H groups in total. The molecular formula is C43H79N3O3. The van der Waals surface area contributed by atoms with Gasteiger partial charge in [-0.25, -0.2) is 0 Å². The summed E-state index contributed by atoms with van der Waals surface area (Å²) in [5.41, 5.74) is 8.30. The topological polar surface area (TPSA) is 89.6 Å². The Labute approximate surface area is 302 Å². The molecule has 49 heavy (non-hydrogen) atoms. The largest absolute Gasteiger partial charge is 0.379 e. The Morgan fingerprint density at radius 3 is 2.27 bits per heavy atom. The van der Waals surface area contributed by atoms with Crippen LogP contribution in [0.4, 0.5) is 0 Å². The number of hydrogen-bond acceptors (Lipinski definition) is 4. The molecular weight excluding hydrogens is 606 g/mol. The lowest BCUT2D eigenvalue weighted by atomic mass is 9.47. The van der Waals surface area contributed by atoms with Crippen molar-refractivity contribution in [1.29, 1.82) is 5.41 Å². The maximum Gasteiger partial charge on any atom is 0.186 e. The van der Waals surface area contributed by atoms with Crippen molar-refractivity contribution in [3.63, 3.8) is 0 Å². The molecule has 0 bridgehead atoms. The summed E-state index contributed by atoms with van der Waals surface area (Å²) >= 11 is 0. The molecule has 284 valence electrons. The van der Waals surface area contributed by atoms with Gasteiger partial charge in [0.25, 0.3) is 0 Å². The van der Waals surface area contributed by atoms with Crippen LogP contribution >= 0.6 is 0 Å². The van der Waals surface area contributed by atoms with Gasteiger partial charge < -0.3 is 25.3 Å². The third-order valence-corrected chi connectivity index (χ3v) is 13.9. The molecule has 0 saturated heterocycles. The van der Waals surface area contributed by atoms with Crippen molar-refractivity contribution in [3.05, 3.63) is 11.6 Å². The molecule has 0 radical (unpaired) electrons. The number of guanidine groups is 1. The monoisotopic (exact) mass is 686 g/mol. The maximum absolute atomic E-state index is 7.64. The summed E-state index contributed by atoms with van der Waals surface area (Å²) < 4.78 is 18.3. The van der Waals surface area contributed by atoms with Gasteiger partial charge in [-0.05, 0) is 117 Å². The third kappa shape index (κ3) is 11.4. The van der Waals surface area contributed by atoms with E-state index in [0.717, 1.165) is 74.4 Å². The van der Waals surface area contributed by atoms with Gasteiger partial charge in [0.05, 0.1) is 25.4 Å². The predicted octanol–water partition coefficient (Wildman–Crippen LogP) is 10.4. The molecule has 4 aliphatic carbocycles. The van der Waals surface area contributed by atoms with Crippen LogP contribution in [0.1, 0.15) is 164 Å². The highest BCUT2D eigenvalue weighted by molar-refractivity contribution is 5.74. The first kappa shape index (κ1) is 40.7. The number of rotatable bonds is 23. The molecule has 0 amide bonds. The molecule has 3 saturated carbocycles. The average molecular weight is 686 g/mol. The van der Waals surface area contributed by atoms with Crippen molar-refractivity contribution in [2.45, 2.75) is 176 Å². The Morgan fingerprint density at radius 1 is 0.857 bits per heavy atom. The molecule has 4 rings (SSSR count). The zero-order valence-electron chi connectivity index (χ0n) is 33.0. The van der Waals surface area contributed by atoms with Crippen LogP contribution in [0.3, 0.4) is 0 Å². The van der Waals surface area contributed by atoms with E-state index < -0.39 is 0 Å². The number of unbranched alkanes of at least 4 members (excludes halogenated alkanes) is 6. The van der Waals surface area contributed by atoms with E-state index in [0.29, 0.717) is 36.8 Å². The van der Waals surface area contributed by atoms with Crippen molar-refractivity contribution in [3.8, 4) is 0 Å². The van der Waals surface area contributed by atoms with E-state index in [1.165, 1.54) is 96.3 Å². The highest BCUT2D eigenvalue weighted by atomic mass is 16.5. The summed E-state index contributed by atoms with van der Waals surface area (Å²) in [6.45, 7) is 18.3. The van der Waals surface area contributed by atoms with E-state index >= 15 is 0 Å². The van der Waals surface area contributed by atoms with E-state index in [4.69, 9.17) is 25.4 Å². The SMILES string of the molecule is CCCCCCCCOC[C@@H](COCCCCO[C@H]1CC[C@@]2(C)C(=CCC3C2CC[C@@]2(C)C3CC[C@@H]2[C@H](C)CCCC(C)C)C1)NC(=N)N. The van der Waals surface area contributed by atoms with Crippen molar-refractivity contribution in [1.82, 2.24) is 5.32 Å². The number of allylic oxidation sites excluding steroid dienone is 1. The van der Waals surface area contributed by atoms with Crippen LogP contribution in [0.5, 0.6) is 0 Å². The number of hydrogen-bond donors (Lipinski definition) is 3. The average Bonchev–Trinajstić information content (AvgIpc) is 3.42. The molecule has 0 aromatic carbocycles. The summed E-state index contributed by atoms with van der Waals surface area (Å²) in [4.78, 5) is 0. The van der Waals surface area contributed by atoms with Gasteiger partial charge in [-0.2, -0.15) is 0 Å². The minimum Gasteiger partial charge on any atom is -0.379 e. The number of ether oxygens (including phenoxy) is 3. The fraction of sp³-hybridized carbons (Fsp3) is 0.930. The van der Waals surface area contributed by atoms with Crippen LogP contribution < -0.4 is 11.1 Å². The van der Waals surface area contributed by atoms with E-state index in [2.05, 4.69) is 52.9 Å². The molecule has 0 spiro atoms. The third-order valence-electron chi connectivity index (χ3n) is 13.9. The molecule has 9 atom stereocenters. The fourth-order valence-electron chi connectivity index (χ4n) is 11.1. The quantitative estimate of drug-likeness (QED) is 0.0431. The lowest BCUT2D eigenvalue weighted by Gasteiger charge is -2.58. The van der Waals surface area contributed by atoms with Crippen LogP contribution in [-0.2, 0) is 14.2 Å². The summed E-state index contributed by atoms with van der Waals surface area (Å²) in [6.07, 6.45) is 27.7. The van der Waals surface area contributed by atoms with E-state index in [9.17, 15) is 0 Å². The van der Waals surface area contributed by atoms with Gasteiger partial charge in [0.1, 0.15) is 0 Å². The van der Waals surface area contributed by atoms with E-state index in [-0.39, 0.29) is 12.0 Å². The Balaban J connectivity index is 1.13. The fourth-order valence-corrected chi connectivity index (χ4v) is 11.1. The van der Waals surface area contributed by atoms with Gasteiger partial charge in [-0.15, -0.1) is 0 Å². The maximum atomic E-state index is 7.64. The Morgan fingerprint density at radius 2 is 1.55 bits per heavy atom. The minimum atomic E-state index is -0.0788. The molecule has 0 aromatic rings. The van der Waals surface area contributed by atoms with Crippen LogP contribution in [-0.4, -0.2) is 51.1 Å². The Hall–Kier alpha value is -1.11. The first-order valence-corrected chi connectivity index (χ1v) is 21.2. The molecule has 6 heteroatoms. The Kier molecular flexibility index (Phi) is 16.8. The standard InChI is InChI=1S/C43H79N3O3/c1-7-8-9-10-11-12-26-47-30-35(46-41(44)45)31-48-27-13-14-28-49-36-22-24-42(5)34(29-36)18-19-37-39-21-20-38(33(4)17-15-16-32(2)3)43(39,6)25-23-40(37)42/h18,32-33,35-40H,7-17,19-31H2,1-6H3,(H4,44,45,46)/t33-,35+,36+,37?,38-,39?,40?,42+,43-/m1/s1. The van der Waals surface area contributed by atoms with Gasteiger partial charge in [-0.1, -0.05) is 105 Å². The summed E-state index contributed by atoms with van der Waals surface area (Å²) in [5, 5.41) is 10.6. The van der Waals surface area contributed by atoms with Crippen molar-refractivity contribution < 1.29 is 14.2 Å². The highest BCUT2D eigenvalue weighted by Crippen LogP contribution is 2.67. The van der Waals surface area contributed by atoms with Crippen LogP contribution in [0, 0.1) is 51.7 Å². The van der Waals surface area contributed by atoms with Crippen molar-refractivity contribution >= 4 is 5.96 Å². The van der Waals surface area contributed by atoms with E-state index in [1.54, 1.807) is 5.57 Å². The second-order valence-corrected chi connectivity index (χ2v) is 17.9. The zero-order chi connectivity index (χ0) is 35.3. The molecule has 0 aliphatic heterocycles. The van der Waals surface area contributed by atoms with Crippen LogP contribution in [0.25, 0.3) is 0 Å². The van der Waals surface area contributed by atoms with E-state index in [1.807, 2.05) is 0 Å². The van der Waals surface area contributed by atoms with Gasteiger partial charge in [0.2, 0.25) is 0 Å². The molecule has 3 unspecified atom stereocenters. The molecule has 0 aromatic heterocycles. The zero-order valence-corrected chi connectivity index (χ0v) is 33.0. The van der Waals surface area contributed by atoms with Gasteiger partial charge in [-0.3, -0.25) is 5.41 Å². The normalized spacial score (nSPS) is 32.2. The molecule has 4 aliphatic rings. The number of fused-ring (bicyclic) bond motifs is 5. The number of nitrogens with one attached hydrogen (secondary N) is 2. The summed E-state index contributed by atoms with van der Waals surface area (Å²) in [6, 6.07) is -0.0788. The first-order chi connectivity index (χ1) is 23.6. The van der Waals surface area contributed by atoms with Gasteiger partial charge >= 0.3 is 0 Å². The van der Waals surface area contributed by atoms with Gasteiger partial charge in [0.15, 0.2) is 5.96 Å². The summed E-state index contributed by atoms with van der Waals surface area (Å²) in [7, 11) is 0. The van der Waals surface area contributed by atoms with Crippen molar-refractivity contribution in [2.75, 3.05) is 33.0 Å². The number of nitrogens with two attached hydrogens (primary N) is 1. The molecule has 3 fully saturated rings. The van der Waals surface area contributed by atoms with Crippen molar-refractivity contribution in [2.24, 2.45) is 52.1 Å². The van der Waals surface area contributed by atoms with Gasteiger partial charge in [0, 0.05) is 19.8 Å². The molecule has 0 heterocycles. The second kappa shape index (κ2) is 20.2. The lowest BCUT2D eigenvalue weighted by molar-refractivity contribution is -0.0643. The summed E-state index contributed by atoms with van der Waals surface area (Å²) in [5.74, 6) is 5.34.